The Morgan fingerprint density at radius 3 is 2.86 bits per heavy atom. The van der Waals surface area contributed by atoms with E-state index in [0.29, 0.717) is 10.9 Å². The predicted octanol–water partition coefficient (Wildman–Crippen LogP) is 4.46. The lowest BCUT2D eigenvalue weighted by Gasteiger charge is -2.18. The van der Waals surface area contributed by atoms with E-state index in [2.05, 4.69) is 22.4 Å². The third kappa shape index (κ3) is 4.34. The van der Waals surface area contributed by atoms with Gasteiger partial charge < -0.3 is 9.47 Å². The van der Waals surface area contributed by atoms with Crippen LogP contribution in [-0.4, -0.2) is 23.1 Å². The number of carbonyl (C=O) groups excluding carboxylic acids is 1. The first-order valence-corrected chi connectivity index (χ1v) is 10.0. The summed E-state index contributed by atoms with van der Waals surface area (Å²) < 4.78 is 11.7. The summed E-state index contributed by atoms with van der Waals surface area (Å²) in [6, 6.07) is 16.0. The number of thiazole rings is 1. The van der Waals surface area contributed by atoms with E-state index in [1.54, 1.807) is 6.20 Å². The van der Waals surface area contributed by atoms with E-state index in [4.69, 9.17) is 9.47 Å². The van der Waals surface area contributed by atoms with Crippen molar-refractivity contribution in [3.05, 3.63) is 70.7 Å². The molecule has 1 aliphatic heterocycles. The van der Waals surface area contributed by atoms with Crippen LogP contribution in [0.2, 0.25) is 0 Å². The van der Waals surface area contributed by atoms with E-state index in [-0.39, 0.29) is 18.1 Å². The first kappa shape index (κ1) is 18.5. The molecule has 0 saturated carbocycles. The number of benzene rings is 2. The topological polar surface area (TPSA) is 60.5 Å². The molecule has 0 saturated heterocycles. The van der Waals surface area contributed by atoms with Crippen LogP contribution in [0.1, 0.15) is 29.9 Å². The smallest absolute Gasteiger partial charge is 0.264 e. The van der Waals surface area contributed by atoms with Gasteiger partial charge in [0.05, 0.1) is 0 Å². The number of ether oxygens (including phenoxy) is 2. The van der Waals surface area contributed by atoms with Gasteiger partial charge in [-0.05, 0) is 25.5 Å². The minimum atomic E-state index is -0.250. The van der Waals surface area contributed by atoms with Crippen molar-refractivity contribution in [2.45, 2.75) is 32.3 Å². The summed E-state index contributed by atoms with van der Waals surface area (Å²) in [7, 11) is 0. The van der Waals surface area contributed by atoms with E-state index in [1.165, 1.54) is 16.9 Å². The Labute approximate surface area is 168 Å². The first-order chi connectivity index (χ1) is 13.5. The Kier molecular flexibility index (Phi) is 5.05. The first-order valence-electron chi connectivity index (χ1n) is 9.21. The largest absolute Gasteiger partial charge is 0.483 e. The van der Waals surface area contributed by atoms with Crippen molar-refractivity contribution in [1.82, 2.24) is 4.98 Å². The lowest BCUT2D eigenvalue weighted by Crippen LogP contribution is -2.25. The average Bonchev–Trinajstić information content (AvgIpc) is 3.22. The summed E-state index contributed by atoms with van der Waals surface area (Å²) in [4.78, 5) is 17.7. The Bertz CT molecular complexity index is 982. The fourth-order valence-corrected chi connectivity index (χ4v) is 4.11. The number of aromatic nitrogens is 1. The zero-order valence-electron chi connectivity index (χ0n) is 15.9. The molecule has 0 spiro atoms. The van der Waals surface area contributed by atoms with Crippen LogP contribution in [0.5, 0.6) is 11.5 Å². The Balaban J connectivity index is 1.33. The molecular formula is C22H22N2O3S. The molecule has 1 amide bonds. The summed E-state index contributed by atoms with van der Waals surface area (Å²) >= 11 is 1.47. The van der Waals surface area contributed by atoms with Crippen molar-refractivity contribution >= 4 is 22.4 Å². The molecule has 6 heteroatoms. The maximum Gasteiger partial charge on any atom is 0.264 e. The molecule has 2 heterocycles. The summed E-state index contributed by atoms with van der Waals surface area (Å²) in [5, 5.41) is 3.38. The van der Waals surface area contributed by atoms with Crippen LogP contribution in [-0.2, 0) is 17.6 Å². The summed E-state index contributed by atoms with van der Waals surface area (Å²) in [6.07, 6.45) is 3.43. The Morgan fingerprint density at radius 1 is 1.21 bits per heavy atom. The van der Waals surface area contributed by atoms with Crippen molar-refractivity contribution in [1.29, 1.82) is 0 Å². The summed E-state index contributed by atoms with van der Waals surface area (Å²) in [5.74, 6) is 1.09. The van der Waals surface area contributed by atoms with Gasteiger partial charge in [0.1, 0.15) is 5.60 Å². The third-order valence-corrected chi connectivity index (χ3v) is 5.35. The van der Waals surface area contributed by atoms with E-state index in [9.17, 15) is 4.79 Å². The number of hydrogen-bond acceptors (Lipinski definition) is 5. The van der Waals surface area contributed by atoms with Crippen molar-refractivity contribution in [2.75, 3.05) is 11.9 Å². The molecule has 4 rings (SSSR count). The molecule has 0 atom stereocenters. The van der Waals surface area contributed by atoms with Gasteiger partial charge in [0, 0.05) is 29.5 Å². The van der Waals surface area contributed by atoms with E-state index >= 15 is 0 Å². The number of hydrogen-bond donors (Lipinski definition) is 1. The van der Waals surface area contributed by atoms with Crippen molar-refractivity contribution in [3.8, 4) is 11.5 Å². The number of para-hydroxylation sites is 1. The number of carbonyl (C=O) groups is 1. The molecule has 144 valence electrons. The monoisotopic (exact) mass is 394 g/mol. The van der Waals surface area contributed by atoms with Gasteiger partial charge in [-0.25, -0.2) is 4.98 Å². The molecule has 3 aromatic rings. The third-order valence-electron chi connectivity index (χ3n) is 4.43. The summed E-state index contributed by atoms with van der Waals surface area (Å²) in [5.41, 5.74) is 2.07. The molecule has 28 heavy (non-hydrogen) atoms. The lowest BCUT2D eigenvalue weighted by molar-refractivity contribution is -0.118. The quantitative estimate of drug-likeness (QED) is 0.670. The molecular weight excluding hydrogens is 372 g/mol. The molecule has 1 N–H and O–H groups in total. The molecule has 1 aromatic heterocycles. The van der Waals surface area contributed by atoms with Crippen LogP contribution in [0, 0.1) is 0 Å². The molecule has 5 nitrogen and oxygen atoms in total. The number of rotatable bonds is 6. The minimum absolute atomic E-state index is 0.0894. The molecule has 2 aromatic carbocycles. The van der Waals surface area contributed by atoms with E-state index in [1.807, 2.05) is 50.2 Å². The van der Waals surface area contributed by atoms with Crippen LogP contribution >= 0.6 is 11.3 Å². The molecule has 0 unspecified atom stereocenters. The van der Waals surface area contributed by atoms with Gasteiger partial charge in [0.15, 0.2) is 23.2 Å². The highest BCUT2D eigenvalue weighted by molar-refractivity contribution is 7.15. The number of nitrogens with zero attached hydrogens (tertiary/aromatic N) is 1. The minimum Gasteiger partial charge on any atom is -0.483 e. The van der Waals surface area contributed by atoms with Gasteiger partial charge in [-0.1, -0.05) is 42.5 Å². The highest BCUT2D eigenvalue weighted by Gasteiger charge is 2.32. The van der Waals surface area contributed by atoms with Crippen LogP contribution in [0.3, 0.4) is 0 Å². The second-order valence-electron chi connectivity index (χ2n) is 7.41. The Morgan fingerprint density at radius 2 is 2.04 bits per heavy atom. The molecule has 0 fully saturated rings. The zero-order chi connectivity index (χ0) is 19.6. The van der Waals surface area contributed by atoms with Crippen molar-refractivity contribution < 1.29 is 14.3 Å². The number of nitrogens with one attached hydrogen (secondary N) is 1. The number of fused-ring (bicyclic) bond motifs is 1. The van der Waals surface area contributed by atoms with Crippen molar-refractivity contribution in [2.24, 2.45) is 0 Å². The van der Waals surface area contributed by atoms with E-state index < -0.39 is 0 Å². The second kappa shape index (κ2) is 7.64. The number of anilines is 1. The number of amides is 1. The van der Waals surface area contributed by atoms with Crippen LogP contribution in [0.25, 0.3) is 0 Å². The maximum absolute atomic E-state index is 12.3. The average molecular weight is 394 g/mol. The van der Waals surface area contributed by atoms with Gasteiger partial charge in [-0.15, -0.1) is 11.3 Å². The fraction of sp³-hybridized carbons (Fsp3) is 0.273. The maximum atomic E-state index is 12.3. The van der Waals surface area contributed by atoms with Crippen molar-refractivity contribution in [3.63, 3.8) is 0 Å². The molecule has 0 radical (unpaired) electrons. The second-order valence-corrected chi connectivity index (χ2v) is 8.53. The van der Waals surface area contributed by atoms with Crippen LogP contribution in [0.15, 0.2) is 54.7 Å². The van der Waals surface area contributed by atoms with E-state index in [0.717, 1.165) is 29.0 Å². The van der Waals surface area contributed by atoms with Gasteiger partial charge in [0.2, 0.25) is 0 Å². The highest BCUT2D eigenvalue weighted by Crippen LogP contribution is 2.41. The molecule has 0 aliphatic carbocycles. The van der Waals surface area contributed by atoms with Crippen LogP contribution < -0.4 is 14.8 Å². The normalized spacial score (nSPS) is 14.2. The Hall–Kier alpha value is -2.86. The highest BCUT2D eigenvalue weighted by atomic mass is 32.1. The predicted molar refractivity (Wildman–Crippen MR) is 110 cm³/mol. The van der Waals surface area contributed by atoms with Gasteiger partial charge in [-0.2, -0.15) is 0 Å². The fourth-order valence-electron chi connectivity index (χ4n) is 3.24. The molecule has 1 aliphatic rings. The summed E-state index contributed by atoms with van der Waals surface area (Å²) in [6.45, 7) is 3.99. The van der Waals surface area contributed by atoms with Gasteiger partial charge in [0.25, 0.3) is 5.91 Å². The standard InChI is InChI=1S/C22H22N2O3S/c1-22(2)12-16-9-6-10-18(20(16)27-22)26-14-19(25)24-21-23-13-17(28-21)11-15-7-4-3-5-8-15/h3-10,13H,11-12,14H2,1-2H3,(H,23,24,25). The zero-order valence-corrected chi connectivity index (χ0v) is 16.7. The van der Waals surface area contributed by atoms with Gasteiger partial charge >= 0.3 is 0 Å². The lowest BCUT2D eigenvalue weighted by atomic mass is 10.0. The SMILES string of the molecule is CC1(C)Cc2cccc(OCC(=O)Nc3ncc(Cc4ccccc4)s3)c2O1. The van der Waals surface area contributed by atoms with Crippen LogP contribution in [0.4, 0.5) is 5.13 Å². The molecule has 0 bridgehead atoms. The van der Waals surface area contributed by atoms with Gasteiger partial charge in [-0.3, -0.25) is 10.1 Å².